The highest BCUT2D eigenvalue weighted by Crippen LogP contribution is 2.26. The summed E-state index contributed by atoms with van der Waals surface area (Å²) in [4.78, 5) is 11.4. The van der Waals surface area contributed by atoms with Crippen molar-refractivity contribution in [2.45, 2.75) is 0 Å². The second-order valence-corrected chi connectivity index (χ2v) is 3.77. The Labute approximate surface area is 104 Å². The molecule has 0 radical (unpaired) electrons. The standard InChI is InChI=1S/C13H11ClO3/c1-16-13(15)11-4-5-12-10(6-11)3-2-9(7-14)8-17-12/h2-7H,8H2,1H3/b9-7-. The largest absolute Gasteiger partial charge is 0.488 e. The molecule has 3 nitrogen and oxygen atoms in total. The van der Waals surface area contributed by atoms with Crippen molar-refractivity contribution in [3.63, 3.8) is 0 Å². The molecule has 1 aromatic rings. The van der Waals surface area contributed by atoms with Crippen molar-refractivity contribution in [2.24, 2.45) is 0 Å². The number of carbonyl (C=O) groups is 1. The zero-order valence-electron chi connectivity index (χ0n) is 9.27. The topological polar surface area (TPSA) is 35.5 Å². The van der Waals surface area contributed by atoms with Gasteiger partial charge in [-0.25, -0.2) is 4.79 Å². The highest BCUT2D eigenvalue weighted by atomic mass is 35.5. The molecule has 88 valence electrons. The van der Waals surface area contributed by atoms with Crippen LogP contribution in [0.25, 0.3) is 6.08 Å². The molecule has 0 atom stereocenters. The average molecular weight is 251 g/mol. The Balaban J connectivity index is 2.38. The van der Waals surface area contributed by atoms with Crippen molar-refractivity contribution in [1.82, 2.24) is 0 Å². The predicted octanol–water partition coefficient (Wildman–Crippen LogP) is 3.00. The molecular formula is C13H11ClO3. The second-order valence-electron chi connectivity index (χ2n) is 3.55. The van der Waals surface area contributed by atoms with Crippen LogP contribution in [0.15, 0.2) is 35.4 Å². The van der Waals surface area contributed by atoms with Gasteiger partial charge in [0.1, 0.15) is 12.4 Å². The lowest BCUT2D eigenvalue weighted by atomic mass is 10.1. The first kappa shape index (κ1) is 11.7. The van der Waals surface area contributed by atoms with Gasteiger partial charge in [0.05, 0.1) is 12.7 Å². The first-order chi connectivity index (χ1) is 8.24. The molecule has 0 spiro atoms. The van der Waals surface area contributed by atoms with E-state index in [1.54, 1.807) is 18.2 Å². The van der Waals surface area contributed by atoms with Crippen molar-refractivity contribution in [3.05, 3.63) is 46.5 Å². The Morgan fingerprint density at radius 3 is 3.00 bits per heavy atom. The van der Waals surface area contributed by atoms with Crippen molar-refractivity contribution >= 4 is 23.6 Å². The van der Waals surface area contributed by atoms with E-state index in [1.807, 2.05) is 12.2 Å². The fraction of sp³-hybridized carbons (Fsp3) is 0.154. The smallest absolute Gasteiger partial charge is 0.337 e. The van der Waals surface area contributed by atoms with Crippen molar-refractivity contribution in [2.75, 3.05) is 13.7 Å². The summed E-state index contributed by atoms with van der Waals surface area (Å²) in [5, 5.41) is 0. The van der Waals surface area contributed by atoms with Gasteiger partial charge in [0.2, 0.25) is 0 Å². The number of hydrogen-bond donors (Lipinski definition) is 0. The number of ether oxygens (including phenoxy) is 2. The van der Waals surface area contributed by atoms with E-state index in [9.17, 15) is 4.79 Å². The molecule has 0 aromatic heterocycles. The number of esters is 1. The van der Waals surface area contributed by atoms with Gasteiger partial charge < -0.3 is 9.47 Å². The van der Waals surface area contributed by atoms with Crippen LogP contribution in [0.3, 0.4) is 0 Å². The van der Waals surface area contributed by atoms with Gasteiger partial charge in [-0.05, 0) is 18.2 Å². The molecular weight excluding hydrogens is 240 g/mol. The van der Waals surface area contributed by atoms with E-state index < -0.39 is 0 Å². The minimum atomic E-state index is -0.362. The highest BCUT2D eigenvalue weighted by Gasteiger charge is 2.11. The zero-order valence-corrected chi connectivity index (χ0v) is 10.0. The van der Waals surface area contributed by atoms with E-state index >= 15 is 0 Å². The molecule has 1 heterocycles. The molecule has 17 heavy (non-hydrogen) atoms. The summed E-state index contributed by atoms with van der Waals surface area (Å²) in [6.45, 7) is 0.421. The average Bonchev–Trinajstić information content (AvgIpc) is 2.59. The van der Waals surface area contributed by atoms with Crippen LogP contribution < -0.4 is 4.74 Å². The molecule has 4 heteroatoms. The summed E-state index contributed by atoms with van der Waals surface area (Å²) in [7, 11) is 1.36. The Bertz CT molecular complexity index is 503. The zero-order chi connectivity index (χ0) is 12.3. The van der Waals surface area contributed by atoms with Gasteiger partial charge in [0, 0.05) is 16.7 Å². The molecule has 2 rings (SSSR count). The molecule has 0 saturated heterocycles. The number of methoxy groups -OCH3 is 1. The molecule has 1 aromatic carbocycles. The maximum atomic E-state index is 11.4. The molecule has 0 amide bonds. The van der Waals surface area contributed by atoms with E-state index in [2.05, 4.69) is 4.74 Å². The van der Waals surface area contributed by atoms with Crippen molar-refractivity contribution in [3.8, 4) is 5.75 Å². The SMILES string of the molecule is COC(=O)c1ccc2c(c1)C=C/C(=C/Cl)CO2. The van der Waals surface area contributed by atoms with Crippen LogP contribution >= 0.6 is 11.6 Å². The summed E-state index contributed by atoms with van der Waals surface area (Å²) in [6.07, 6.45) is 3.73. The van der Waals surface area contributed by atoms with Crippen LogP contribution in [0.4, 0.5) is 0 Å². The van der Waals surface area contributed by atoms with Crippen LogP contribution in [-0.4, -0.2) is 19.7 Å². The van der Waals surface area contributed by atoms with Crippen LogP contribution in [-0.2, 0) is 4.74 Å². The van der Waals surface area contributed by atoms with E-state index in [1.165, 1.54) is 12.6 Å². The first-order valence-corrected chi connectivity index (χ1v) is 5.50. The highest BCUT2D eigenvalue weighted by molar-refractivity contribution is 6.25. The fourth-order valence-corrected chi connectivity index (χ4v) is 1.66. The van der Waals surface area contributed by atoms with E-state index in [4.69, 9.17) is 16.3 Å². The van der Waals surface area contributed by atoms with Gasteiger partial charge in [0.15, 0.2) is 0 Å². The van der Waals surface area contributed by atoms with Crippen molar-refractivity contribution < 1.29 is 14.3 Å². The van der Waals surface area contributed by atoms with Crippen LogP contribution in [0.1, 0.15) is 15.9 Å². The summed E-state index contributed by atoms with van der Waals surface area (Å²) < 4.78 is 10.2. The summed E-state index contributed by atoms with van der Waals surface area (Å²) in [5.74, 6) is 0.362. The van der Waals surface area contributed by atoms with E-state index in [0.29, 0.717) is 12.2 Å². The third-order valence-electron chi connectivity index (χ3n) is 2.44. The van der Waals surface area contributed by atoms with Gasteiger partial charge in [-0.1, -0.05) is 23.8 Å². The van der Waals surface area contributed by atoms with Crippen LogP contribution in [0, 0.1) is 0 Å². The minimum absolute atomic E-state index is 0.362. The number of halogens is 1. The third-order valence-corrected chi connectivity index (χ3v) is 2.72. The molecule has 0 fully saturated rings. The first-order valence-electron chi connectivity index (χ1n) is 5.07. The molecule has 1 aliphatic rings. The Kier molecular flexibility index (Phi) is 3.49. The van der Waals surface area contributed by atoms with Crippen LogP contribution in [0.2, 0.25) is 0 Å². The molecule has 0 saturated carbocycles. The number of rotatable bonds is 1. The lowest BCUT2D eigenvalue weighted by Gasteiger charge is -2.07. The van der Waals surface area contributed by atoms with E-state index in [-0.39, 0.29) is 5.97 Å². The number of hydrogen-bond acceptors (Lipinski definition) is 3. The Morgan fingerprint density at radius 1 is 1.47 bits per heavy atom. The Hall–Kier alpha value is -1.74. The second kappa shape index (κ2) is 5.06. The fourth-order valence-electron chi connectivity index (χ4n) is 1.53. The molecule has 0 bridgehead atoms. The van der Waals surface area contributed by atoms with Gasteiger partial charge in [-0.3, -0.25) is 0 Å². The summed E-state index contributed by atoms with van der Waals surface area (Å²) in [6, 6.07) is 5.16. The molecule has 0 unspecified atom stereocenters. The van der Waals surface area contributed by atoms with E-state index in [0.717, 1.165) is 16.9 Å². The maximum Gasteiger partial charge on any atom is 0.337 e. The lowest BCUT2D eigenvalue weighted by molar-refractivity contribution is 0.0600. The summed E-state index contributed by atoms with van der Waals surface area (Å²) in [5.41, 5.74) is 3.69. The number of carbonyl (C=O) groups excluding carboxylic acids is 1. The maximum absolute atomic E-state index is 11.4. The lowest BCUT2D eigenvalue weighted by Crippen LogP contribution is -2.02. The Morgan fingerprint density at radius 2 is 2.29 bits per heavy atom. The third kappa shape index (κ3) is 2.50. The van der Waals surface area contributed by atoms with Crippen molar-refractivity contribution in [1.29, 1.82) is 0 Å². The molecule has 0 aliphatic carbocycles. The van der Waals surface area contributed by atoms with Crippen LogP contribution in [0.5, 0.6) is 5.75 Å². The molecule has 0 N–H and O–H groups in total. The number of fused-ring (bicyclic) bond motifs is 1. The van der Waals surface area contributed by atoms with Gasteiger partial charge in [-0.2, -0.15) is 0 Å². The quantitative estimate of drug-likeness (QED) is 0.719. The summed E-state index contributed by atoms with van der Waals surface area (Å²) >= 11 is 5.63. The normalized spacial score (nSPS) is 16.0. The van der Waals surface area contributed by atoms with Gasteiger partial charge in [-0.15, -0.1) is 0 Å². The predicted molar refractivity (Wildman–Crippen MR) is 66.2 cm³/mol. The van der Waals surface area contributed by atoms with Gasteiger partial charge in [0.25, 0.3) is 0 Å². The minimum Gasteiger partial charge on any atom is -0.488 e. The number of benzene rings is 1. The monoisotopic (exact) mass is 250 g/mol. The molecule has 1 aliphatic heterocycles. The van der Waals surface area contributed by atoms with Gasteiger partial charge >= 0.3 is 5.97 Å².